The molecule has 0 radical (unpaired) electrons. The average molecular weight is 271 g/mol. The van der Waals surface area contributed by atoms with E-state index < -0.39 is 0 Å². The molecule has 1 unspecified atom stereocenters. The number of halogens is 1. The second-order valence-electron chi connectivity index (χ2n) is 5.09. The molecule has 0 aliphatic rings. The van der Waals surface area contributed by atoms with Crippen LogP contribution in [0.2, 0.25) is 5.02 Å². The molecule has 4 heteroatoms. The fraction of sp³-hybridized carbons (Fsp3) is 0.643. The first-order valence-corrected chi connectivity index (χ1v) is 6.73. The summed E-state index contributed by atoms with van der Waals surface area (Å²) in [5.74, 6) is 0. The molecule has 1 rings (SSSR count). The standard InChI is InChI=1S/C14H23ClN2O/c1-5-17-12(9-14(2,3)18-4)8-11-6-7-16-10-13(11)15/h6-7,10,12,17H,5,8-9H2,1-4H3. The average Bonchev–Trinajstić information content (AvgIpc) is 2.32. The Labute approximate surface area is 115 Å². The fourth-order valence-electron chi connectivity index (χ4n) is 2.02. The lowest BCUT2D eigenvalue weighted by Crippen LogP contribution is -2.39. The van der Waals surface area contributed by atoms with Crippen LogP contribution in [0.25, 0.3) is 0 Å². The van der Waals surface area contributed by atoms with Crippen LogP contribution in [0, 0.1) is 0 Å². The molecule has 0 aliphatic heterocycles. The van der Waals surface area contributed by atoms with E-state index in [1.165, 1.54) is 0 Å². The van der Waals surface area contributed by atoms with Crippen LogP contribution in [0.15, 0.2) is 18.5 Å². The Kier molecular flexibility index (Phi) is 6.06. The summed E-state index contributed by atoms with van der Waals surface area (Å²) in [6.07, 6.45) is 5.31. The minimum Gasteiger partial charge on any atom is -0.379 e. The molecule has 0 fully saturated rings. The Morgan fingerprint density at radius 1 is 1.50 bits per heavy atom. The summed E-state index contributed by atoms with van der Waals surface area (Å²) in [6, 6.07) is 2.33. The van der Waals surface area contributed by atoms with Gasteiger partial charge >= 0.3 is 0 Å². The van der Waals surface area contributed by atoms with Gasteiger partial charge in [-0.05, 0) is 44.9 Å². The van der Waals surface area contributed by atoms with Crippen molar-refractivity contribution in [2.75, 3.05) is 13.7 Å². The lowest BCUT2D eigenvalue weighted by molar-refractivity contribution is 0.00726. The minimum atomic E-state index is -0.133. The van der Waals surface area contributed by atoms with E-state index in [9.17, 15) is 0 Å². The van der Waals surface area contributed by atoms with Gasteiger partial charge in [0.05, 0.1) is 10.6 Å². The molecule has 0 aliphatic carbocycles. The van der Waals surface area contributed by atoms with Gasteiger partial charge in [0.25, 0.3) is 0 Å². The van der Waals surface area contributed by atoms with Crippen LogP contribution < -0.4 is 5.32 Å². The van der Waals surface area contributed by atoms with Gasteiger partial charge in [-0.1, -0.05) is 18.5 Å². The van der Waals surface area contributed by atoms with Gasteiger partial charge in [0.1, 0.15) is 0 Å². The zero-order valence-electron chi connectivity index (χ0n) is 11.7. The van der Waals surface area contributed by atoms with Gasteiger partial charge in [0, 0.05) is 25.5 Å². The van der Waals surface area contributed by atoms with Gasteiger partial charge in [-0.15, -0.1) is 0 Å². The summed E-state index contributed by atoms with van der Waals surface area (Å²) in [5, 5.41) is 4.22. The van der Waals surface area contributed by atoms with Crippen molar-refractivity contribution in [2.24, 2.45) is 0 Å². The third kappa shape index (κ3) is 4.92. The number of aromatic nitrogens is 1. The molecule has 0 aromatic carbocycles. The number of rotatable bonds is 7. The molecule has 3 nitrogen and oxygen atoms in total. The molecule has 0 saturated heterocycles. The number of pyridine rings is 1. The first-order chi connectivity index (χ1) is 8.48. The van der Waals surface area contributed by atoms with Crippen molar-refractivity contribution in [3.8, 4) is 0 Å². The SMILES string of the molecule is CCNC(Cc1ccncc1Cl)CC(C)(C)OC. The maximum Gasteiger partial charge on any atom is 0.0637 e. The van der Waals surface area contributed by atoms with Gasteiger partial charge < -0.3 is 10.1 Å². The van der Waals surface area contributed by atoms with E-state index in [2.05, 4.69) is 31.1 Å². The topological polar surface area (TPSA) is 34.2 Å². The molecule has 1 heterocycles. The Morgan fingerprint density at radius 3 is 2.78 bits per heavy atom. The van der Waals surface area contributed by atoms with Crippen LogP contribution in [-0.4, -0.2) is 30.3 Å². The molecule has 0 saturated carbocycles. The third-order valence-corrected chi connectivity index (χ3v) is 3.45. The normalized spacial score (nSPS) is 13.6. The van der Waals surface area contributed by atoms with E-state index in [1.807, 2.05) is 6.07 Å². The number of likely N-dealkylation sites (N-methyl/N-ethyl adjacent to an activating group) is 1. The minimum absolute atomic E-state index is 0.133. The highest BCUT2D eigenvalue weighted by Gasteiger charge is 2.23. The summed E-state index contributed by atoms with van der Waals surface area (Å²) in [4.78, 5) is 4.01. The molecule has 102 valence electrons. The molecule has 1 aromatic heterocycles. The summed E-state index contributed by atoms with van der Waals surface area (Å²) in [7, 11) is 1.75. The van der Waals surface area contributed by atoms with Crippen LogP contribution in [0.1, 0.15) is 32.8 Å². The first kappa shape index (κ1) is 15.4. The highest BCUT2D eigenvalue weighted by molar-refractivity contribution is 6.31. The lowest BCUT2D eigenvalue weighted by atomic mass is 9.94. The first-order valence-electron chi connectivity index (χ1n) is 6.35. The lowest BCUT2D eigenvalue weighted by Gasteiger charge is -2.29. The number of methoxy groups -OCH3 is 1. The van der Waals surface area contributed by atoms with Gasteiger partial charge in [0.15, 0.2) is 0 Å². The van der Waals surface area contributed by atoms with Crippen LogP contribution in [0.4, 0.5) is 0 Å². The third-order valence-electron chi connectivity index (χ3n) is 3.11. The second-order valence-corrected chi connectivity index (χ2v) is 5.50. The van der Waals surface area contributed by atoms with Crippen LogP contribution in [-0.2, 0) is 11.2 Å². The Balaban J connectivity index is 2.72. The molecular formula is C14H23ClN2O. The summed E-state index contributed by atoms with van der Waals surface area (Å²) in [6.45, 7) is 7.26. The highest BCUT2D eigenvalue weighted by atomic mass is 35.5. The zero-order valence-corrected chi connectivity index (χ0v) is 12.4. The van der Waals surface area contributed by atoms with Crippen LogP contribution in [0.3, 0.4) is 0 Å². The molecule has 1 N–H and O–H groups in total. The Morgan fingerprint density at radius 2 is 2.22 bits per heavy atom. The van der Waals surface area contributed by atoms with Crippen LogP contribution >= 0.6 is 11.6 Å². The number of ether oxygens (including phenoxy) is 1. The van der Waals surface area contributed by atoms with Gasteiger partial charge in [-0.2, -0.15) is 0 Å². The van der Waals surface area contributed by atoms with Crippen molar-refractivity contribution in [1.82, 2.24) is 10.3 Å². The smallest absolute Gasteiger partial charge is 0.0637 e. The van der Waals surface area contributed by atoms with E-state index in [0.29, 0.717) is 6.04 Å². The molecule has 0 bridgehead atoms. The summed E-state index contributed by atoms with van der Waals surface area (Å²) < 4.78 is 5.50. The van der Waals surface area contributed by atoms with Crippen molar-refractivity contribution in [3.05, 3.63) is 29.0 Å². The van der Waals surface area contributed by atoms with Crippen LogP contribution in [0.5, 0.6) is 0 Å². The van der Waals surface area contributed by atoms with Crippen molar-refractivity contribution in [3.63, 3.8) is 0 Å². The highest BCUT2D eigenvalue weighted by Crippen LogP contribution is 2.21. The number of hydrogen-bond donors (Lipinski definition) is 1. The van der Waals surface area contributed by atoms with E-state index in [-0.39, 0.29) is 5.60 Å². The van der Waals surface area contributed by atoms with Crippen molar-refractivity contribution < 1.29 is 4.74 Å². The molecule has 0 amide bonds. The Bertz CT molecular complexity index is 369. The quantitative estimate of drug-likeness (QED) is 0.827. The molecular weight excluding hydrogens is 248 g/mol. The summed E-state index contributed by atoms with van der Waals surface area (Å²) >= 11 is 6.15. The number of nitrogens with zero attached hydrogens (tertiary/aromatic N) is 1. The fourth-order valence-corrected chi connectivity index (χ4v) is 2.21. The van der Waals surface area contributed by atoms with E-state index in [4.69, 9.17) is 16.3 Å². The predicted octanol–water partition coefficient (Wildman–Crippen LogP) is 3.07. The van der Waals surface area contributed by atoms with E-state index in [1.54, 1.807) is 19.5 Å². The maximum atomic E-state index is 6.15. The maximum absolute atomic E-state index is 6.15. The van der Waals surface area contributed by atoms with Crippen molar-refractivity contribution >= 4 is 11.6 Å². The molecule has 18 heavy (non-hydrogen) atoms. The van der Waals surface area contributed by atoms with Crippen molar-refractivity contribution in [1.29, 1.82) is 0 Å². The number of nitrogens with one attached hydrogen (secondary N) is 1. The number of hydrogen-bond acceptors (Lipinski definition) is 3. The molecule has 1 aromatic rings. The van der Waals surface area contributed by atoms with Crippen molar-refractivity contribution in [2.45, 2.75) is 45.3 Å². The monoisotopic (exact) mass is 270 g/mol. The largest absolute Gasteiger partial charge is 0.379 e. The summed E-state index contributed by atoms with van der Waals surface area (Å²) in [5.41, 5.74) is 0.997. The van der Waals surface area contributed by atoms with Gasteiger partial charge in [-0.25, -0.2) is 0 Å². The van der Waals surface area contributed by atoms with Gasteiger partial charge in [0.2, 0.25) is 0 Å². The second kappa shape index (κ2) is 7.07. The zero-order chi connectivity index (χ0) is 13.6. The molecule has 0 spiro atoms. The van der Waals surface area contributed by atoms with E-state index >= 15 is 0 Å². The molecule has 1 atom stereocenters. The Hall–Kier alpha value is -0.640. The predicted molar refractivity (Wildman–Crippen MR) is 76.1 cm³/mol. The van der Waals surface area contributed by atoms with Gasteiger partial charge in [-0.3, -0.25) is 4.98 Å². The van der Waals surface area contributed by atoms with E-state index in [0.717, 1.165) is 30.0 Å².